The zero-order valence-electron chi connectivity index (χ0n) is 11.2. The Bertz CT molecular complexity index is 181. The zero-order valence-corrected chi connectivity index (χ0v) is 12.1. The molecule has 17 heavy (non-hydrogen) atoms. The Kier molecular flexibility index (Phi) is 9.16. The lowest BCUT2D eigenvalue weighted by atomic mass is 10.3. The first-order valence-corrected chi connectivity index (χ1v) is 7.91. The van der Waals surface area contributed by atoms with Crippen LogP contribution in [-0.2, 0) is 9.47 Å². The molecule has 0 radical (unpaired) electrons. The highest BCUT2D eigenvalue weighted by Crippen LogP contribution is 2.25. The maximum atomic E-state index is 5.54. The van der Waals surface area contributed by atoms with Crippen molar-refractivity contribution < 1.29 is 9.47 Å². The Balaban J connectivity index is 1.78. The van der Waals surface area contributed by atoms with Crippen molar-refractivity contribution in [2.45, 2.75) is 44.5 Å². The van der Waals surface area contributed by atoms with Crippen molar-refractivity contribution in [1.82, 2.24) is 5.32 Å². The molecule has 0 saturated carbocycles. The summed E-state index contributed by atoms with van der Waals surface area (Å²) in [5, 5.41) is 4.20. The number of unbranched alkanes of at least 4 members (excludes halogenated alkanes) is 1. The minimum atomic E-state index is 0.450. The van der Waals surface area contributed by atoms with Crippen LogP contribution in [0.1, 0.15) is 33.1 Å². The summed E-state index contributed by atoms with van der Waals surface area (Å²) in [5.74, 6) is 1.20. The number of thioether (sulfide) groups is 1. The molecule has 0 aromatic rings. The van der Waals surface area contributed by atoms with Crippen molar-refractivity contribution in [1.29, 1.82) is 0 Å². The summed E-state index contributed by atoms with van der Waals surface area (Å²) >= 11 is 2.05. The Morgan fingerprint density at radius 3 is 2.94 bits per heavy atom. The third-order valence-electron chi connectivity index (χ3n) is 3.01. The van der Waals surface area contributed by atoms with E-state index in [9.17, 15) is 0 Å². The molecule has 0 aromatic heterocycles. The number of nitrogens with one attached hydrogen (secondary N) is 1. The molecule has 0 spiro atoms. The van der Waals surface area contributed by atoms with E-state index in [4.69, 9.17) is 9.47 Å². The molecule has 1 fully saturated rings. The molecule has 0 amide bonds. The molecule has 2 unspecified atom stereocenters. The second-order valence-electron chi connectivity index (χ2n) is 4.43. The molecule has 4 heteroatoms. The predicted octanol–water partition coefficient (Wildman–Crippen LogP) is 2.30. The molecular formula is C13H27NO2S. The first kappa shape index (κ1) is 15.3. The van der Waals surface area contributed by atoms with E-state index in [2.05, 4.69) is 24.0 Å². The Labute approximate surface area is 110 Å². The average Bonchev–Trinajstić information content (AvgIpc) is 2.73. The van der Waals surface area contributed by atoms with Crippen LogP contribution >= 0.6 is 11.8 Å². The molecule has 1 aliphatic heterocycles. The maximum absolute atomic E-state index is 5.54. The van der Waals surface area contributed by atoms with Crippen molar-refractivity contribution >= 4 is 11.8 Å². The molecule has 0 aliphatic carbocycles. The lowest BCUT2D eigenvalue weighted by Gasteiger charge is -2.13. The molecule has 0 bridgehead atoms. The van der Waals surface area contributed by atoms with E-state index in [1.54, 1.807) is 0 Å². The molecule has 3 nitrogen and oxygen atoms in total. The van der Waals surface area contributed by atoms with Crippen LogP contribution in [0.3, 0.4) is 0 Å². The van der Waals surface area contributed by atoms with E-state index in [-0.39, 0.29) is 0 Å². The fourth-order valence-electron chi connectivity index (χ4n) is 1.94. The Morgan fingerprint density at radius 2 is 2.24 bits per heavy atom. The van der Waals surface area contributed by atoms with Gasteiger partial charge in [-0.2, -0.15) is 11.8 Å². The van der Waals surface area contributed by atoms with Gasteiger partial charge in [0.25, 0.3) is 0 Å². The SMILES string of the molecule is CCOCCCCNCCSC1CCOC1C. The zero-order chi connectivity index (χ0) is 12.3. The summed E-state index contributed by atoms with van der Waals surface area (Å²) in [6.07, 6.45) is 4.06. The van der Waals surface area contributed by atoms with Crippen LogP contribution in [0.4, 0.5) is 0 Å². The predicted molar refractivity (Wildman–Crippen MR) is 74.9 cm³/mol. The van der Waals surface area contributed by atoms with Crippen LogP contribution in [0.5, 0.6) is 0 Å². The van der Waals surface area contributed by atoms with E-state index < -0.39 is 0 Å². The summed E-state index contributed by atoms with van der Waals surface area (Å²) in [6.45, 7) is 9.15. The molecule has 1 heterocycles. The topological polar surface area (TPSA) is 30.5 Å². The van der Waals surface area contributed by atoms with E-state index in [1.165, 1.54) is 25.0 Å². The van der Waals surface area contributed by atoms with Crippen molar-refractivity contribution in [2.24, 2.45) is 0 Å². The third-order valence-corrected chi connectivity index (χ3v) is 4.50. The lowest BCUT2D eigenvalue weighted by Crippen LogP contribution is -2.21. The minimum Gasteiger partial charge on any atom is -0.382 e. The average molecular weight is 261 g/mol. The van der Waals surface area contributed by atoms with Gasteiger partial charge in [0.15, 0.2) is 0 Å². The van der Waals surface area contributed by atoms with Gasteiger partial charge in [-0.3, -0.25) is 0 Å². The van der Waals surface area contributed by atoms with Gasteiger partial charge in [0.05, 0.1) is 6.10 Å². The van der Waals surface area contributed by atoms with Gasteiger partial charge >= 0.3 is 0 Å². The van der Waals surface area contributed by atoms with Gasteiger partial charge < -0.3 is 14.8 Å². The van der Waals surface area contributed by atoms with Gasteiger partial charge in [-0.1, -0.05) is 0 Å². The number of ether oxygens (including phenoxy) is 2. The third kappa shape index (κ3) is 7.29. The molecule has 2 atom stereocenters. The van der Waals surface area contributed by atoms with E-state index in [1.807, 2.05) is 6.92 Å². The molecule has 1 aliphatic rings. The quantitative estimate of drug-likeness (QED) is 0.611. The molecule has 102 valence electrons. The van der Waals surface area contributed by atoms with Crippen LogP contribution in [-0.4, -0.2) is 50.0 Å². The smallest absolute Gasteiger partial charge is 0.0666 e. The minimum absolute atomic E-state index is 0.450. The standard InChI is InChI=1S/C13H27NO2S/c1-3-15-9-5-4-7-14-8-11-17-13-6-10-16-12(13)2/h12-14H,3-11H2,1-2H3. The van der Waals surface area contributed by atoms with Gasteiger partial charge in [0, 0.05) is 37.4 Å². The van der Waals surface area contributed by atoms with E-state index in [0.29, 0.717) is 6.10 Å². The first-order valence-electron chi connectivity index (χ1n) is 6.86. The fourth-order valence-corrected chi connectivity index (χ4v) is 3.11. The fraction of sp³-hybridized carbons (Fsp3) is 1.00. The number of rotatable bonds is 10. The van der Waals surface area contributed by atoms with Gasteiger partial charge in [0.1, 0.15) is 0 Å². The molecule has 0 aromatic carbocycles. The summed E-state index contributed by atoms with van der Waals surface area (Å²) in [4.78, 5) is 0. The van der Waals surface area contributed by atoms with Crippen LogP contribution in [0.25, 0.3) is 0 Å². The first-order chi connectivity index (χ1) is 8.34. The Hall–Kier alpha value is 0.230. The van der Waals surface area contributed by atoms with Crippen molar-refractivity contribution in [3.05, 3.63) is 0 Å². The monoisotopic (exact) mass is 261 g/mol. The molecular weight excluding hydrogens is 234 g/mol. The van der Waals surface area contributed by atoms with Gasteiger partial charge in [-0.25, -0.2) is 0 Å². The molecule has 1 rings (SSSR count). The van der Waals surface area contributed by atoms with Crippen molar-refractivity contribution in [3.63, 3.8) is 0 Å². The lowest BCUT2D eigenvalue weighted by molar-refractivity contribution is 0.127. The second-order valence-corrected chi connectivity index (χ2v) is 5.77. The van der Waals surface area contributed by atoms with E-state index in [0.717, 1.165) is 38.2 Å². The van der Waals surface area contributed by atoms with Crippen LogP contribution in [0, 0.1) is 0 Å². The summed E-state index contributed by atoms with van der Waals surface area (Å²) in [5.41, 5.74) is 0. The largest absolute Gasteiger partial charge is 0.382 e. The van der Waals surface area contributed by atoms with Crippen molar-refractivity contribution in [2.75, 3.05) is 38.7 Å². The van der Waals surface area contributed by atoms with Crippen LogP contribution in [0.15, 0.2) is 0 Å². The van der Waals surface area contributed by atoms with Crippen molar-refractivity contribution in [3.8, 4) is 0 Å². The van der Waals surface area contributed by atoms with Gasteiger partial charge in [-0.05, 0) is 39.7 Å². The summed E-state index contributed by atoms with van der Waals surface area (Å²) < 4.78 is 10.8. The van der Waals surface area contributed by atoms with Crippen LogP contribution < -0.4 is 5.32 Å². The van der Waals surface area contributed by atoms with E-state index >= 15 is 0 Å². The normalized spacial score (nSPS) is 24.4. The van der Waals surface area contributed by atoms with Crippen LogP contribution in [0.2, 0.25) is 0 Å². The number of hydrogen-bond donors (Lipinski definition) is 1. The highest BCUT2D eigenvalue weighted by molar-refractivity contribution is 8.00. The van der Waals surface area contributed by atoms with Gasteiger partial charge in [0.2, 0.25) is 0 Å². The second kappa shape index (κ2) is 10.2. The molecule has 1 N–H and O–H groups in total. The molecule has 1 saturated heterocycles. The highest BCUT2D eigenvalue weighted by Gasteiger charge is 2.23. The maximum Gasteiger partial charge on any atom is 0.0666 e. The highest BCUT2D eigenvalue weighted by atomic mass is 32.2. The summed E-state index contributed by atoms with van der Waals surface area (Å²) in [7, 11) is 0. The number of hydrogen-bond acceptors (Lipinski definition) is 4. The van der Waals surface area contributed by atoms with Gasteiger partial charge in [-0.15, -0.1) is 0 Å². The summed E-state index contributed by atoms with van der Waals surface area (Å²) in [6, 6.07) is 0. The Morgan fingerprint density at radius 1 is 1.35 bits per heavy atom.